The minimum Gasteiger partial charge on any atom is -0.497 e. The van der Waals surface area contributed by atoms with Gasteiger partial charge in [-0.1, -0.05) is 23.2 Å². The Morgan fingerprint density at radius 2 is 1.70 bits per heavy atom. The Balaban J connectivity index is 2.13. The highest BCUT2D eigenvalue weighted by molar-refractivity contribution is 6.35. The summed E-state index contributed by atoms with van der Waals surface area (Å²) in [5.74, 6) is 1.45. The number of hydrogen-bond acceptors (Lipinski definition) is 3. The van der Waals surface area contributed by atoms with Gasteiger partial charge in [0, 0.05) is 22.8 Å². The predicted octanol–water partition coefficient (Wildman–Crippen LogP) is 4.62. The smallest absolute Gasteiger partial charge is 0.142 e. The number of ether oxygens (including phenoxy) is 2. The summed E-state index contributed by atoms with van der Waals surface area (Å²) in [4.78, 5) is 0. The van der Waals surface area contributed by atoms with Crippen LogP contribution in [-0.2, 0) is 6.54 Å². The summed E-state index contributed by atoms with van der Waals surface area (Å²) in [5, 5.41) is 4.38. The van der Waals surface area contributed by atoms with E-state index in [4.69, 9.17) is 32.7 Å². The van der Waals surface area contributed by atoms with Gasteiger partial charge in [0.2, 0.25) is 0 Å². The third-order valence-corrected chi connectivity index (χ3v) is 3.36. The summed E-state index contributed by atoms with van der Waals surface area (Å²) in [6.45, 7) is 0.565. The molecule has 20 heavy (non-hydrogen) atoms. The molecule has 5 heteroatoms. The normalized spacial score (nSPS) is 10.2. The highest BCUT2D eigenvalue weighted by atomic mass is 35.5. The lowest BCUT2D eigenvalue weighted by Gasteiger charge is -2.13. The van der Waals surface area contributed by atoms with Gasteiger partial charge in [0.15, 0.2) is 0 Å². The zero-order valence-corrected chi connectivity index (χ0v) is 12.8. The largest absolute Gasteiger partial charge is 0.497 e. The van der Waals surface area contributed by atoms with Gasteiger partial charge in [0.25, 0.3) is 0 Å². The van der Waals surface area contributed by atoms with Gasteiger partial charge in [-0.05, 0) is 36.4 Å². The van der Waals surface area contributed by atoms with Gasteiger partial charge >= 0.3 is 0 Å². The third-order valence-electron chi connectivity index (χ3n) is 2.86. The number of rotatable bonds is 5. The van der Waals surface area contributed by atoms with Gasteiger partial charge in [-0.2, -0.15) is 0 Å². The Kier molecular flexibility index (Phi) is 4.99. The van der Waals surface area contributed by atoms with Crippen molar-refractivity contribution < 1.29 is 9.47 Å². The van der Waals surface area contributed by atoms with Gasteiger partial charge in [-0.15, -0.1) is 0 Å². The second-order valence-corrected chi connectivity index (χ2v) is 5.01. The van der Waals surface area contributed by atoms with Crippen LogP contribution in [0.2, 0.25) is 10.0 Å². The molecule has 0 radical (unpaired) electrons. The van der Waals surface area contributed by atoms with Crippen molar-refractivity contribution in [3.8, 4) is 11.5 Å². The summed E-state index contributed by atoms with van der Waals surface area (Å²) in [6, 6.07) is 11.2. The fourth-order valence-corrected chi connectivity index (χ4v) is 2.49. The maximum atomic E-state index is 6.10. The predicted molar refractivity (Wildman–Crippen MR) is 83.3 cm³/mol. The Labute approximate surface area is 128 Å². The van der Waals surface area contributed by atoms with Crippen LogP contribution in [0.15, 0.2) is 36.4 Å². The first-order valence-electron chi connectivity index (χ1n) is 6.04. The summed E-state index contributed by atoms with van der Waals surface area (Å²) in [6.07, 6.45) is 0. The average Bonchev–Trinajstić information content (AvgIpc) is 2.45. The van der Waals surface area contributed by atoms with Crippen LogP contribution in [0.25, 0.3) is 0 Å². The zero-order valence-electron chi connectivity index (χ0n) is 11.2. The molecule has 0 aliphatic carbocycles. The molecule has 0 amide bonds. The number of hydrogen-bond donors (Lipinski definition) is 1. The van der Waals surface area contributed by atoms with Crippen molar-refractivity contribution in [3.05, 3.63) is 52.0 Å². The molecule has 0 fully saturated rings. The van der Waals surface area contributed by atoms with Crippen LogP contribution in [0, 0.1) is 0 Å². The molecule has 2 aromatic rings. The fourth-order valence-electron chi connectivity index (χ4n) is 1.88. The molecule has 0 bridgehead atoms. The maximum absolute atomic E-state index is 6.10. The molecular formula is C15H15Cl2NO2. The molecule has 0 aromatic heterocycles. The molecule has 0 unspecified atom stereocenters. The van der Waals surface area contributed by atoms with Crippen LogP contribution >= 0.6 is 23.2 Å². The van der Waals surface area contributed by atoms with Crippen LogP contribution in [0.3, 0.4) is 0 Å². The standard InChI is InChI=1S/C15H15Cl2NO2/c1-19-13-5-3-12(4-6-13)18-9-10-7-11(16)8-14(17)15(10)20-2/h3-8,18H,9H2,1-2H3. The molecule has 0 atom stereocenters. The van der Waals surface area contributed by atoms with Crippen LogP contribution < -0.4 is 14.8 Å². The Bertz CT molecular complexity index is 585. The molecule has 1 N–H and O–H groups in total. The van der Waals surface area contributed by atoms with E-state index in [1.165, 1.54) is 0 Å². The van der Waals surface area contributed by atoms with Gasteiger partial charge in [-0.25, -0.2) is 0 Å². The lowest BCUT2D eigenvalue weighted by Crippen LogP contribution is -2.02. The van der Waals surface area contributed by atoms with Crippen molar-refractivity contribution in [2.45, 2.75) is 6.54 Å². The Morgan fingerprint density at radius 1 is 1.00 bits per heavy atom. The van der Waals surface area contributed by atoms with E-state index in [0.717, 1.165) is 17.0 Å². The van der Waals surface area contributed by atoms with Gasteiger partial charge in [0.1, 0.15) is 11.5 Å². The lowest BCUT2D eigenvalue weighted by atomic mass is 10.2. The third kappa shape index (κ3) is 3.50. The molecule has 3 nitrogen and oxygen atoms in total. The van der Waals surface area contributed by atoms with E-state index in [0.29, 0.717) is 22.3 Å². The molecule has 0 heterocycles. The van der Waals surface area contributed by atoms with Gasteiger partial charge < -0.3 is 14.8 Å². The number of anilines is 1. The van der Waals surface area contributed by atoms with E-state index in [1.54, 1.807) is 20.3 Å². The number of halogens is 2. The molecule has 0 saturated carbocycles. The van der Waals surface area contributed by atoms with E-state index in [9.17, 15) is 0 Å². The molecule has 2 aromatic carbocycles. The molecular weight excluding hydrogens is 297 g/mol. The van der Waals surface area contributed by atoms with E-state index in [1.807, 2.05) is 30.3 Å². The zero-order chi connectivity index (χ0) is 14.5. The van der Waals surface area contributed by atoms with Gasteiger partial charge in [0.05, 0.1) is 19.2 Å². The quantitative estimate of drug-likeness (QED) is 0.873. The Morgan fingerprint density at radius 3 is 2.30 bits per heavy atom. The van der Waals surface area contributed by atoms with Crippen molar-refractivity contribution >= 4 is 28.9 Å². The minimum absolute atomic E-state index is 0.506. The monoisotopic (exact) mass is 311 g/mol. The fraction of sp³-hybridized carbons (Fsp3) is 0.200. The second kappa shape index (κ2) is 6.73. The SMILES string of the molecule is COc1ccc(NCc2cc(Cl)cc(Cl)c2OC)cc1. The van der Waals surface area contributed by atoms with Crippen molar-refractivity contribution in [1.82, 2.24) is 0 Å². The van der Waals surface area contributed by atoms with E-state index in [-0.39, 0.29) is 0 Å². The molecule has 0 aliphatic rings. The average molecular weight is 312 g/mol. The summed E-state index contributed by atoms with van der Waals surface area (Å²) >= 11 is 12.1. The molecule has 0 saturated heterocycles. The first-order chi connectivity index (χ1) is 9.63. The second-order valence-electron chi connectivity index (χ2n) is 4.16. The number of methoxy groups -OCH3 is 2. The van der Waals surface area contributed by atoms with E-state index < -0.39 is 0 Å². The van der Waals surface area contributed by atoms with Crippen LogP contribution in [-0.4, -0.2) is 14.2 Å². The highest BCUT2D eigenvalue weighted by Crippen LogP contribution is 2.32. The van der Waals surface area contributed by atoms with Crippen LogP contribution in [0.4, 0.5) is 5.69 Å². The van der Waals surface area contributed by atoms with E-state index >= 15 is 0 Å². The molecule has 106 valence electrons. The van der Waals surface area contributed by atoms with Crippen molar-refractivity contribution in [1.29, 1.82) is 0 Å². The number of nitrogens with one attached hydrogen (secondary N) is 1. The summed E-state index contributed by atoms with van der Waals surface area (Å²) < 4.78 is 10.4. The molecule has 2 rings (SSSR count). The van der Waals surface area contributed by atoms with Crippen LogP contribution in [0.5, 0.6) is 11.5 Å². The lowest BCUT2D eigenvalue weighted by molar-refractivity contribution is 0.410. The van der Waals surface area contributed by atoms with Crippen LogP contribution in [0.1, 0.15) is 5.56 Å². The summed E-state index contributed by atoms with van der Waals surface area (Å²) in [7, 11) is 3.23. The first-order valence-corrected chi connectivity index (χ1v) is 6.79. The summed E-state index contributed by atoms with van der Waals surface area (Å²) in [5.41, 5.74) is 1.88. The Hall–Kier alpha value is -1.58. The minimum atomic E-state index is 0.506. The molecule has 0 aliphatic heterocycles. The first kappa shape index (κ1) is 14.8. The highest BCUT2D eigenvalue weighted by Gasteiger charge is 2.09. The van der Waals surface area contributed by atoms with Crippen molar-refractivity contribution in [2.75, 3.05) is 19.5 Å². The van der Waals surface area contributed by atoms with Gasteiger partial charge in [-0.3, -0.25) is 0 Å². The number of benzene rings is 2. The topological polar surface area (TPSA) is 30.5 Å². The van der Waals surface area contributed by atoms with Crippen molar-refractivity contribution in [2.24, 2.45) is 0 Å². The van der Waals surface area contributed by atoms with E-state index in [2.05, 4.69) is 5.32 Å². The maximum Gasteiger partial charge on any atom is 0.142 e. The molecule has 0 spiro atoms. The van der Waals surface area contributed by atoms with Crippen molar-refractivity contribution in [3.63, 3.8) is 0 Å².